The zero-order valence-electron chi connectivity index (χ0n) is 12.3. The first-order valence-electron chi connectivity index (χ1n) is 7.47. The number of anilines is 1. The maximum atomic E-state index is 11.7. The van der Waals surface area contributed by atoms with Gasteiger partial charge in [-0.15, -0.1) is 0 Å². The summed E-state index contributed by atoms with van der Waals surface area (Å²) in [6.45, 7) is 1.56. The SMILES string of the molecule is NC(=O)C(Nc1cnn(CC2CCCO2)c1)c1ccccc1. The zero-order valence-corrected chi connectivity index (χ0v) is 12.3. The molecule has 1 aromatic heterocycles. The number of benzene rings is 1. The summed E-state index contributed by atoms with van der Waals surface area (Å²) in [5.41, 5.74) is 7.11. The number of carbonyl (C=O) groups is 1. The lowest BCUT2D eigenvalue weighted by Crippen LogP contribution is -2.27. The number of rotatable bonds is 6. The van der Waals surface area contributed by atoms with Gasteiger partial charge in [-0.2, -0.15) is 5.10 Å². The van der Waals surface area contributed by atoms with Crippen LogP contribution in [-0.2, 0) is 16.1 Å². The van der Waals surface area contributed by atoms with Crippen LogP contribution in [0.15, 0.2) is 42.7 Å². The van der Waals surface area contributed by atoms with Gasteiger partial charge < -0.3 is 15.8 Å². The van der Waals surface area contributed by atoms with Crippen molar-refractivity contribution in [2.24, 2.45) is 5.73 Å². The molecule has 0 saturated carbocycles. The summed E-state index contributed by atoms with van der Waals surface area (Å²) < 4.78 is 7.43. The minimum Gasteiger partial charge on any atom is -0.376 e. The van der Waals surface area contributed by atoms with Gasteiger partial charge in [0.1, 0.15) is 6.04 Å². The number of hydrogen-bond acceptors (Lipinski definition) is 4. The van der Waals surface area contributed by atoms with Crippen LogP contribution in [0.25, 0.3) is 0 Å². The molecule has 6 nitrogen and oxygen atoms in total. The molecule has 1 aliphatic rings. The number of ether oxygens (including phenoxy) is 1. The van der Waals surface area contributed by atoms with Gasteiger partial charge in [0, 0.05) is 12.8 Å². The molecule has 1 fully saturated rings. The van der Waals surface area contributed by atoms with Crippen molar-refractivity contribution in [2.75, 3.05) is 11.9 Å². The van der Waals surface area contributed by atoms with Crippen molar-refractivity contribution < 1.29 is 9.53 Å². The fourth-order valence-corrected chi connectivity index (χ4v) is 2.67. The molecule has 2 unspecified atom stereocenters. The summed E-state index contributed by atoms with van der Waals surface area (Å²) in [4.78, 5) is 11.7. The molecule has 22 heavy (non-hydrogen) atoms. The molecule has 1 saturated heterocycles. The monoisotopic (exact) mass is 300 g/mol. The smallest absolute Gasteiger partial charge is 0.244 e. The first kappa shape index (κ1) is 14.6. The number of aromatic nitrogens is 2. The molecular weight excluding hydrogens is 280 g/mol. The molecule has 2 aromatic rings. The van der Waals surface area contributed by atoms with Gasteiger partial charge in [-0.1, -0.05) is 30.3 Å². The minimum atomic E-state index is -0.568. The average molecular weight is 300 g/mol. The molecule has 1 aliphatic heterocycles. The lowest BCUT2D eigenvalue weighted by Gasteiger charge is -2.15. The molecule has 1 aromatic carbocycles. The average Bonchev–Trinajstić information content (AvgIpc) is 3.18. The Morgan fingerprint density at radius 3 is 2.95 bits per heavy atom. The predicted octanol–water partition coefficient (Wildman–Crippen LogP) is 1.70. The summed E-state index contributed by atoms with van der Waals surface area (Å²) in [5.74, 6) is -0.418. The van der Waals surface area contributed by atoms with Gasteiger partial charge in [-0.05, 0) is 18.4 Å². The third-order valence-electron chi connectivity index (χ3n) is 3.78. The lowest BCUT2D eigenvalue weighted by atomic mass is 10.1. The summed E-state index contributed by atoms with van der Waals surface area (Å²) >= 11 is 0. The van der Waals surface area contributed by atoms with Crippen molar-refractivity contribution in [1.29, 1.82) is 0 Å². The number of hydrogen-bond donors (Lipinski definition) is 2. The van der Waals surface area contributed by atoms with E-state index in [4.69, 9.17) is 10.5 Å². The number of nitrogens with zero attached hydrogens (tertiary/aromatic N) is 2. The molecule has 0 aliphatic carbocycles. The lowest BCUT2D eigenvalue weighted by molar-refractivity contribution is -0.118. The third kappa shape index (κ3) is 3.46. The van der Waals surface area contributed by atoms with Crippen molar-refractivity contribution in [2.45, 2.75) is 31.5 Å². The largest absolute Gasteiger partial charge is 0.376 e. The highest BCUT2D eigenvalue weighted by Crippen LogP contribution is 2.20. The van der Waals surface area contributed by atoms with E-state index in [1.54, 1.807) is 6.20 Å². The van der Waals surface area contributed by atoms with E-state index in [0.717, 1.165) is 37.2 Å². The van der Waals surface area contributed by atoms with Crippen LogP contribution in [0, 0.1) is 0 Å². The second-order valence-electron chi connectivity index (χ2n) is 5.48. The van der Waals surface area contributed by atoms with Gasteiger partial charge in [-0.25, -0.2) is 0 Å². The van der Waals surface area contributed by atoms with Gasteiger partial charge >= 0.3 is 0 Å². The maximum absolute atomic E-state index is 11.7. The van der Waals surface area contributed by atoms with Gasteiger partial charge in [0.2, 0.25) is 5.91 Å². The van der Waals surface area contributed by atoms with Crippen molar-refractivity contribution in [3.05, 3.63) is 48.3 Å². The van der Waals surface area contributed by atoms with Crippen molar-refractivity contribution >= 4 is 11.6 Å². The number of carbonyl (C=O) groups excluding carboxylic acids is 1. The maximum Gasteiger partial charge on any atom is 0.244 e. The summed E-state index contributed by atoms with van der Waals surface area (Å²) in [6, 6.07) is 8.85. The number of nitrogens with one attached hydrogen (secondary N) is 1. The summed E-state index contributed by atoms with van der Waals surface area (Å²) in [5, 5.41) is 7.45. The van der Waals surface area contributed by atoms with Gasteiger partial charge in [-0.3, -0.25) is 9.48 Å². The van der Waals surface area contributed by atoms with E-state index >= 15 is 0 Å². The van der Waals surface area contributed by atoms with Crippen LogP contribution in [0.4, 0.5) is 5.69 Å². The standard InChI is InChI=1S/C16H20N4O2/c17-16(21)15(12-5-2-1-3-6-12)19-13-9-18-20(10-13)11-14-7-4-8-22-14/h1-3,5-6,9-10,14-15,19H,4,7-8,11H2,(H2,17,21). The number of nitrogens with two attached hydrogens (primary N) is 1. The highest BCUT2D eigenvalue weighted by atomic mass is 16.5. The van der Waals surface area contributed by atoms with Crippen LogP contribution in [0.2, 0.25) is 0 Å². The molecule has 1 amide bonds. The van der Waals surface area contributed by atoms with Crippen molar-refractivity contribution in [1.82, 2.24) is 9.78 Å². The number of primary amides is 1. The van der Waals surface area contributed by atoms with Gasteiger partial charge in [0.15, 0.2) is 0 Å². The third-order valence-corrected chi connectivity index (χ3v) is 3.78. The quantitative estimate of drug-likeness (QED) is 0.850. The fourth-order valence-electron chi connectivity index (χ4n) is 2.67. The summed E-state index contributed by atoms with van der Waals surface area (Å²) in [7, 11) is 0. The highest BCUT2D eigenvalue weighted by molar-refractivity contribution is 5.84. The minimum absolute atomic E-state index is 0.230. The van der Waals surface area contributed by atoms with Crippen LogP contribution in [0.1, 0.15) is 24.4 Å². The molecule has 0 spiro atoms. The fraction of sp³-hybridized carbons (Fsp3) is 0.375. The molecule has 2 heterocycles. The Balaban J connectivity index is 1.68. The highest BCUT2D eigenvalue weighted by Gasteiger charge is 2.19. The Morgan fingerprint density at radius 2 is 2.27 bits per heavy atom. The van der Waals surface area contributed by atoms with E-state index in [-0.39, 0.29) is 6.10 Å². The molecule has 3 rings (SSSR count). The molecular formula is C16H20N4O2. The first-order chi connectivity index (χ1) is 10.7. The molecule has 6 heteroatoms. The Labute approximate surface area is 129 Å². The molecule has 2 atom stereocenters. The van der Waals surface area contributed by atoms with Crippen LogP contribution in [0.5, 0.6) is 0 Å². The van der Waals surface area contributed by atoms with Crippen molar-refractivity contribution in [3.63, 3.8) is 0 Å². The van der Waals surface area contributed by atoms with E-state index in [0.29, 0.717) is 0 Å². The van der Waals surface area contributed by atoms with Crippen LogP contribution < -0.4 is 11.1 Å². The van der Waals surface area contributed by atoms with E-state index in [1.165, 1.54) is 0 Å². The van der Waals surface area contributed by atoms with E-state index in [2.05, 4.69) is 10.4 Å². The zero-order chi connectivity index (χ0) is 15.4. The number of amides is 1. The van der Waals surface area contributed by atoms with E-state index < -0.39 is 11.9 Å². The van der Waals surface area contributed by atoms with E-state index in [9.17, 15) is 4.79 Å². The molecule has 3 N–H and O–H groups in total. The van der Waals surface area contributed by atoms with Crippen LogP contribution >= 0.6 is 0 Å². The van der Waals surface area contributed by atoms with Gasteiger partial charge in [0.05, 0.1) is 24.5 Å². The topological polar surface area (TPSA) is 82.2 Å². The molecule has 0 radical (unpaired) electrons. The Bertz CT molecular complexity index is 620. The Hall–Kier alpha value is -2.34. The van der Waals surface area contributed by atoms with E-state index in [1.807, 2.05) is 41.2 Å². The second kappa shape index (κ2) is 6.62. The summed E-state index contributed by atoms with van der Waals surface area (Å²) in [6.07, 6.45) is 5.98. The first-order valence-corrected chi connectivity index (χ1v) is 7.47. The molecule has 116 valence electrons. The molecule has 0 bridgehead atoms. The van der Waals surface area contributed by atoms with Crippen molar-refractivity contribution in [3.8, 4) is 0 Å². The van der Waals surface area contributed by atoms with Gasteiger partial charge in [0.25, 0.3) is 0 Å². The van der Waals surface area contributed by atoms with Crippen LogP contribution in [0.3, 0.4) is 0 Å². The Kier molecular flexibility index (Phi) is 4.39. The Morgan fingerprint density at radius 1 is 1.45 bits per heavy atom. The predicted molar refractivity (Wildman–Crippen MR) is 83.2 cm³/mol. The van der Waals surface area contributed by atoms with Crippen LogP contribution in [-0.4, -0.2) is 28.4 Å². The second-order valence-corrected chi connectivity index (χ2v) is 5.48. The normalized spacial score (nSPS) is 19.0.